The minimum Gasteiger partial charge on any atom is -0.299 e. The molecule has 19 heavy (non-hydrogen) atoms. The lowest BCUT2D eigenvalue weighted by Gasteiger charge is -2.08. The Morgan fingerprint density at radius 1 is 1.11 bits per heavy atom. The van der Waals surface area contributed by atoms with Gasteiger partial charge in [-0.15, -0.1) is 0 Å². The van der Waals surface area contributed by atoms with Crippen molar-refractivity contribution in [2.24, 2.45) is 5.92 Å². The van der Waals surface area contributed by atoms with E-state index >= 15 is 0 Å². The average Bonchev–Trinajstić information content (AvgIpc) is 2.46. The summed E-state index contributed by atoms with van der Waals surface area (Å²) < 4.78 is 0. The van der Waals surface area contributed by atoms with Crippen LogP contribution in [0.5, 0.6) is 0 Å². The number of aryl methyl sites for hydroxylation is 1. The Morgan fingerprint density at radius 2 is 1.84 bits per heavy atom. The van der Waals surface area contributed by atoms with Gasteiger partial charge in [-0.3, -0.25) is 4.79 Å². The maximum Gasteiger partial charge on any atom is 0.135 e. The smallest absolute Gasteiger partial charge is 0.135 e. The van der Waals surface area contributed by atoms with E-state index in [-0.39, 0.29) is 5.92 Å². The molecule has 0 aliphatic carbocycles. The molecule has 2 aromatic rings. The Kier molecular flexibility index (Phi) is 4.73. The predicted molar refractivity (Wildman–Crippen MR) is 81.3 cm³/mol. The molecule has 1 heteroatoms. The normalized spacial score (nSPS) is 12.5. The third-order valence-electron chi connectivity index (χ3n) is 3.91. The first-order valence-electron chi connectivity index (χ1n) is 7.21. The molecule has 0 saturated heterocycles. The number of carbonyl (C=O) groups excluding carboxylic acids is 1. The molecule has 0 bridgehead atoms. The SMILES string of the molecule is CC[C@H](C)C(=O)CCCc1cccc2ccccc12. The van der Waals surface area contributed by atoms with Gasteiger partial charge in [0, 0.05) is 12.3 Å². The Hall–Kier alpha value is -1.63. The highest BCUT2D eigenvalue weighted by molar-refractivity contribution is 5.85. The molecule has 1 atom stereocenters. The molecule has 0 amide bonds. The number of ketones is 1. The van der Waals surface area contributed by atoms with E-state index in [1.54, 1.807) is 0 Å². The van der Waals surface area contributed by atoms with Crippen LogP contribution in [0, 0.1) is 5.92 Å². The summed E-state index contributed by atoms with van der Waals surface area (Å²) >= 11 is 0. The highest BCUT2D eigenvalue weighted by Crippen LogP contribution is 2.20. The summed E-state index contributed by atoms with van der Waals surface area (Å²) in [7, 11) is 0. The monoisotopic (exact) mass is 254 g/mol. The van der Waals surface area contributed by atoms with E-state index in [0.29, 0.717) is 12.2 Å². The molecule has 0 radical (unpaired) electrons. The van der Waals surface area contributed by atoms with Crippen LogP contribution in [-0.2, 0) is 11.2 Å². The number of rotatable bonds is 6. The molecule has 0 N–H and O–H groups in total. The van der Waals surface area contributed by atoms with Crippen molar-refractivity contribution < 1.29 is 4.79 Å². The summed E-state index contributed by atoms with van der Waals surface area (Å²) in [6.07, 6.45) is 3.60. The molecule has 0 unspecified atom stereocenters. The third-order valence-corrected chi connectivity index (χ3v) is 3.91. The molecule has 100 valence electrons. The van der Waals surface area contributed by atoms with E-state index in [1.807, 2.05) is 6.92 Å². The number of hydrogen-bond acceptors (Lipinski definition) is 1. The summed E-state index contributed by atoms with van der Waals surface area (Å²) in [4.78, 5) is 11.8. The molecule has 0 aromatic heterocycles. The van der Waals surface area contributed by atoms with Gasteiger partial charge in [0.15, 0.2) is 0 Å². The van der Waals surface area contributed by atoms with Crippen LogP contribution in [0.2, 0.25) is 0 Å². The maximum absolute atomic E-state index is 11.8. The molecule has 0 aliphatic heterocycles. The maximum atomic E-state index is 11.8. The zero-order valence-electron chi connectivity index (χ0n) is 11.9. The molecule has 1 nitrogen and oxygen atoms in total. The number of fused-ring (bicyclic) bond motifs is 1. The van der Waals surface area contributed by atoms with E-state index in [4.69, 9.17) is 0 Å². The zero-order valence-corrected chi connectivity index (χ0v) is 11.9. The standard InChI is InChI=1S/C18H22O/c1-3-14(2)18(19)13-7-11-16-10-6-9-15-8-4-5-12-17(15)16/h4-6,8-10,12,14H,3,7,11,13H2,1-2H3/t14-/m0/s1. The highest BCUT2D eigenvalue weighted by Gasteiger charge is 2.10. The van der Waals surface area contributed by atoms with Gasteiger partial charge in [0.25, 0.3) is 0 Å². The van der Waals surface area contributed by atoms with Crippen molar-refractivity contribution in [3.05, 3.63) is 48.0 Å². The van der Waals surface area contributed by atoms with Crippen LogP contribution in [0.1, 0.15) is 38.7 Å². The fourth-order valence-electron chi connectivity index (χ4n) is 2.44. The first kappa shape index (κ1) is 13.8. The van der Waals surface area contributed by atoms with Gasteiger partial charge in [0.1, 0.15) is 5.78 Å². The van der Waals surface area contributed by atoms with Gasteiger partial charge in [-0.2, -0.15) is 0 Å². The number of hydrogen-bond donors (Lipinski definition) is 0. The quantitative estimate of drug-likeness (QED) is 0.725. The van der Waals surface area contributed by atoms with Crippen LogP contribution in [0.15, 0.2) is 42.5 Å². The minimum absolute atomic E-state index is 0.215. The first-order valence-corrected chi connectivity index (χ1v) is 7.21. The second-order valence-corrected chi connectivity index (χ2v) is 5.27. The lowest BCUT2D eigenvalue weighted by atomic mass is 9.96. The molecule has 0 heterocycles. The van der Waals surface area contributed by atoms with Crippen molar-refractivity contribution in [2.45, 2.75) is 39.5 Å². The number of benzene rings is 2. The van der Waals surface area contributed by atoms with Gasteiger partial charge in [-0.25, -0.2) is 0 Å². The fraction of sp³-hybridized carbons (Fsp3) is 0.389. The Morgan fingerprint density at radius 3 is 2.63 bits per heavy atom. The van der Waals surface area contributed by atoms with Crippen molar-refractivity contribution in [3.63, 3.8) is 0 Å². The summed E-state index contributed by atoms with van der Waals surface area (Å²) in [5.41, 5.74) is 1.36. The highest BCUT2D eigenvalue weighted by atomic mass is 16.1. The Bertz CT molecular complexity index is 551. The van der Waals surface area contributed by atoms with Gasteiger partial charge < -0.3 is 0 Å². The topological polar surface area (TPSA) is 17.1 Å². The van der Waals surface area contributed by atoms with Gasteiger partial charge in [0.05, 0.1) is 0 Å². The Labute approximate surface area is 115 Å². The predicted octanol–water partition coefficient (Wildman–Crippen LogP) is 4.78. The minimum atomic E-state index is 0.215. The lowest BCUT2D eigenvalue weighted by molar-refractivity contribution is -0.122. The summed E-state index contributed by atoms with van der Waals surface area (Å²) in [5, 5.41) is 2.61. The second kappa shape index (κ2) is 6.51. The summed E-state index contributed by atoms with van der Waals surface area (Å²) in [5.74, 6) is 0.621. The van der Waals surface area contributed by atoms with E-state index < -0.39 is 0 Å². The van der Waals surface area contributed by atoms with Crippen molar-refractivity contribution in [1.29, 1.82) is 0 Å². The van der Waals surface area contributed by atoms with Crippen molar-refractivity contribution in [2.75, 3.05) is 0 Å². The molecular weight excluding hydrogens is 232 g/mol. The van der Waals surface area contributed by atoms with E-state index in [2.05, 4.69) is 49.4 Å². The van der Waals surface area contributed by atoms with Crippen molar-refractivity contribution in [3.8, 4) is 0 Å². The summed E-state index contributed by atoms with van der Waals surface area (Å²) in [6, 6.07) is 14.9. The van der Waals surface area contributed by atoms with Gasteiger partial charge in [-0.1, -0.05) is 56.3 Å². The van der Waals surface area contributed by atoms with E-state index in [1.165, 1.54) is 16.3 Å². The second-order valence-electron chi connectivity index (χ2n) is 5.27. The molecule has 0 fully saturated rings. The lowest BCUT2D eigenvalue weighted by Crippen LogP contribution is -2.09. The van der Waals surface area contributed by atoms with Crippen LogP contribution < -0.4 is 0 Å². The van der Waals surface area contributed by atoms with Crippen LogP contribution in [-0.4, -0.2) is 5.78 Å². The van der Waals surface area contributed by atoms with Crippen LogP contribution in [0.3, 0.4) is 0 Å². The average molecular weight is 254 g/mol. The first-order chi connectivity index (χ1) is 9.22. The van der Waals surface area contributed by atoms with Crippen LogP contribution in [0.25, 0.3) is 10.8 Å². The van der Waals surface area contributed by atoms with Gasteiger partial charge in [0.2, 0.25) is 0 Å². The molecule has 0 aliphatic rings. The largest absolute Gasteiger partial charge is 0.299 e. The van der Waals surface area contributed by atoms with Gasteiger partial charge in [-0.05, 0) is 35.6 Å². The number of Topliss-reactive ketones (excluding diaryl/α,β-unsaturated/α-hetero) is 1. The van der Waals surface area contributed by atoms with Crippen molar-refractivity contribution >= 4 is 16.6 Å². The third kappa shape index (κ3) is 3.44. The zero-order chi connectivity index (χ0) is 13.7. The van der Waals surface area contributed by atoms with Crippen LogP contribution >= 0.6 is 0 Å². The van der Waals surface area contributed by atoms with Gasteiger partial charge >= 0.3 is 0 Å². The molecule has 0 saturated carbocycles. The van der Waals surface area contributed by atoms with E-state index in [9.17, 15) is 4.79 Å². The van der Waals surface area contributed by atoms with Crippen molar-refractivity contribution in [1.82, 2.24) is 0 Å². The molecule has 2 rings (SSSR count). The molecule has 2 aromatic carbocycles. The molecular formula is C18H22O. The fourth-order valence-corrected chi connectivity index (χ4v) is 2.44. The van der Waals surface area contributed by atoms with Crippen LogP contribution in [0.4, 0.5) is 0 Å². The Balaban J connectivity index is 2.01. The number of carbonyl (C=O) groups is 1. The van der Waals surface area contributed by atoms with E-state index in [0.717, 1.165) is 19.3 Å². The molecule has 0 spiro atoms. The summed E-state index contributed by atoms with van der Waals surface area (Å²) in [6.45, 7) is 4.10.